The van der Waals surface area contributed by atoms with Gasteiger partial charge in [-0.25, -0.2) is 0 Å². The first-order valence-corrected chi connectivity index (χ1v) is 7.08. The Bertz CT molecular complexity index is 203. The number of hydrogen-bond acceptors (Lipinski definition) is 1. The Hall–Kier alpha value is -0.530. The van der Waals surface area contributed by atoms with Crippen LogP contribution in [-0.2, 0) is 4.79 Å². The van der Waals surface area contributed by atoms with E-state index in [2.05, 4.69) is 39.9 Å². The van der Waals surface area contributed by atoms with Crippen molar-refractivity contribution in [3.8, 4) is 0 Å². The smallest absolute Gasteiger partial charge is 0.219 e. The maximum atomic E-state index is 11.5. The molecule has 0 heterocycles. The highest BCUT2D eigenvalue weighted by molar-refractivity contribution is 5.75. The van der Waals surface area contributed by atoms with Crippen molar-refractivity contribution in [1.29, 1.82) is 0 Å². The summed E-state index contributed by atoms with van der Waals surface area (Å²) in [5.41, 5.74) is 0.310. The highest BCUT2D eigenvalue weighted by Crippen LogP contribution is 2.17. The summed E-state index contributed by atoms with van der Waals surface area (Å²) >= 11 is 0. The van der Waals surface area contributed by atoms with Gasteiger partial charge in [0.15, 0.2) is 0 Å². The molecule has 0 spiro atoms. The van der Waals surface area contributed by atoms with Crippen LogP contribution in [0.5, 0.6) is 0 Å². The molecule has 1 N–H and O–H groups in total. The fraction of sp³-hybridized carbons (Fsp3) is 0.933. The van der Waals surface area contributed by atoms with Crippen LogP contribution < -0.4 is 5.32 Å². The normalized spacial score (nSPS) is 11.9. The Balaban J connectivity index is 3.35. The number of nitrogens with one attached hydrogen (secondary N) is 1. The quantitative estimate of drug-likeness (QED) is 0.636. The average Bonchev–Trinajstić information content (AvgIpc) is 2.14. The van der Waals surface area contributed by atoms with E-state index in [4.69, 9.17) is 0 Å². The molecule has 0 aromatic heterocycles. The van der Waals surface area contributed by atoms with E-state index in [0.29, 0.717) is 11.8 Å². The van der Waals surface area contributed by atoms with E-state index < -0.39 is 0 Å². The van der Waals surface area contributed by atoms with Gasteiger partial charge in [-0.3, -0.25) is 4.79 Å². The molecule has 0 unspecified atom stereocenters. The first kappa shape index (κ1) is 16.5. The summed E-state index contributed by atoms with van der Waals surface area (Å²) in [6.07, 6.45) is 6.51. The first-order chi connectivity index (χ1) is 7.81. The zero-order valence-electron chi connectivity index (χ0n) is 12.4. The van der Waals surface area contributed by atoms with E-state index in [1.165, 1.54) is 19.3 Å². The third-order valence-electron chi connectivity index (χ3n) is 2.88. The molecule has 0 saturated carbocycles. The van der Waals surface area contributed by atoms with Gasteiger partial charge in [0.05, 0.1) is 0 Å². The van der Waals surface area contributed by atoms with E-state index in [1.807, 2.05) is 0 Å². The maximum absolute atomic E-state index is 11.5. The Morgan fingerprint density at radius 2 is 1.76 bits per heavy atom. The number of carbonyl (C=O) groups is 1. The molecule has 0 bridgehead atoms. The fourth-order valence-corrected chi connectivity index (χ4v) is 1.68. The average molecular weight is 241 g/mol. The molecule has 1 amide bonds. The zero-order chi connectivity index (χ0) is 13.3. The third kappa shape index (κ3) is 13.4. The van der Waals surface area contributed by atoms with E-state index in [1.54, 1.807) is 0 Å². The van der Waals surface area contributed by atoms with Crippen LogP contribution in [0.15, 0.2) is 0 Å². The van der Waals surface area contributed by atoms with Crippen LogP contribution in [0.4, 0.5) is 0 Å². The summed E-state index contributed by atoms with van der Waals surface area (Å²) in [6.45, 7) is 11.9. The number of carbonyl (C=O) groups excluding carboxylic acids is 1. The molecule has 0 atom stereocenters. The van der Waals surface area contributed by atoms with Crippen molar-refractivity contribution in [1.82, 2.24) is 5.32 Å². The van der Waals surface area contributed by atoms with Crippen molar-refractivity contribution in [3.63, 3.8) is 0 Å². The van der Waals surface area contributed by atoms with Gasteiger partial charge >= 0.3 is 0 Å². The minimum atomic E-state index is 0.221. The molecule has 0 aliphatic rings. The third-order valence-corrected chi connectivity index (χ3v) is 2.88. The molecule has 0 fully saturated rings. The van der Waals surface area contributed by atoms with Crippen molar-refractivity contribution < 1.29 is 4.79 Å². The van der Waals surface area contributed by atoms with Crippen molar-refractivity contribution in [2.75, 3.05) is 6.54 Å². The van der Waals surface area contributed by atoms with E-state index in [-0.39, 0.29) is 5.91 Å². The molecule has 0 aromatic carbocycles. The van der Waals surface area contributed by atoms with Gasteiger partial charge < -0.3 is 5.32 Å². The molecule has 0 aliphatic carbocycles. The summed E-state index contributed by atoms with van der Waals surface area (Å²) < 4.78 is 0. The van der Waals surface area contributed by atoms with E-state index in [0.717, 1.165) is 25.3 Å². The van der Waals surface area contributed by atoms with Crippen LogP contribution in [-0.4, -0.2) is 12.5 Å². The maximum Gasteiger partial charge on any atom is 0.219 e. The van der Waals surface area contributed by atoms with Gasteiger partial charge in [-0.15, -0.1) is 0 Å². The van der Waals surface area contributed by atoms with Gasteiger partial charge in [-0.05, 0) is 24.2 Å². The predicted octanol–water partition coefficient (Wildman–Crippen LogP) is 4.15. The van der Waals surface area contributed by atoms with Gasteiger partial charge in [-0.1, -0.05) is 53.9 Å². The lowest BCUT2D eigenvalue weighted by atomic mass is 9.92. The van der Waals surface area contributed by atoms with Crippen molar-refractivity contribution in [2.45, 2.75) is 73.1 Å². The lowest BCUT2D eigenvalue weighted by molar-refractivity contribution is -0.121. The molecular formula is C15H31NO. The standard InChI is InChI=1S/C15H31NO/c1-13(2)9-7-6-8-10-14(17)16-12-11-15(3,4)5/h13H,6-12H2,1-5H3,(H,16,17). The van der Waals surface area contributed by atoms with E-state index >= 15 is 0 Å². The lowest BCUT2D eigenvalue weighted by Crippen LogP contribution is -2.26. The first-order valence-electron chi connectivity index (χ1n) is 7.08. The van der Waals surface area contributed by atoms with Crippen molar-refractivity contribution in [3.05, 3.63) is 0 Å². The molecule has 102 valence electrons. The number of unbranched alkanes of at least 4 members (excludes halogenated alkanes) is 2. The largest absolute Gasteiger partial charge is 0.356 e. The number of hydrogen-bond donors (Lipinski definition) is 1. The molecular weight excluding hydrogens is 210 g/mol. The van der Waals surface area contributed by atoms with Gasteiger partial charge in [0.25, 0.3) is 0 Å². The topological polar surface area (TPSA) is 29.1 Å². The van der Waals surface area contributed by atoms with Crippen LogP contribution in [0.25, 0.3) is 0 Å². The highest BCUT2D eigenvalue weighted by Gasteiger charge is 2.10. The van der Waals surface area contributed by atoms with Gasteiger partial charge in [0.2, 0.25) is 5.91 Å². The van der Waals surface area contributed by atoms with Crippen LogP contribution in [0.3, 0.4) is 0 Å². The number of rotatable bonds is 8. The molecule has 0 saturated heterocycles. The zero-order valence-corrected chi connectivity index (χ0v) is 12.4. The summed E-state index contributed by atoms with van der Waals surface area (Å²) in [7, 11) is 0. The Morgan fingerprint density at radius 3 is 2.29 bits per heavy atom. The molecule has 0 aromatic rings. The SMILES string of the molecule is CC(C)CCCCCC(=O)NCCC(C)(C)C. The van der Waals surface area contributed by atoms with Crippen LogP contribution in [0, 0.1) is 11.3 Å². The molecule has 2 heteroatoms. The van der Waals surface area contributed by atoms with Gasteiger partial charge in [0, 0.05) is 13.0 Å². The van der Waals surface area contributed by atoms with Crippen molar-refractivity contribution in [2.24, 2.45) is 11.3 Å². The van der Waals surface area contributed by atoms with E-state index in [9.17, 15) is 4.79 Å². The summed E-state index contributed by atoms with van der Waals surface area (Å²) in [5.74, 6) is 1.01. The van der Waals surface area contributed by atoms with Crippen LogP contribution >= 0.6 is 0 Å². The predicted molar refractivity (Wildman–Crippen MR) is 75.0 cm³/mol. The van der Waals surface area contributed by atoms with Crippen molar-refractivity contribution >= 4 is 5.91 Å². The van der Waals surface area contributed by atoms with Gasteiger partial charge in [0.1, 0.15) is 0 Å². The summed E-state index contributed by atoms with van der Waals surface area (Å²) in [6, 6.07) is 0. The second-order valence-corrected chi connectivity index (χ2v) is 6.65. The highest BCUT2D eigenvalue weighted by atomic mass is 16.1. The lowest BCUT2D eigenvalue weighted by Gasteiger charge is -2.17. The molecule has 0 aliphatic heterocycles. The Labute approximate surface area is 108 Å². The Kier molecular flexibility index (Phi) is 8.28. The van der Waals surface area contributed by atoms with Crippen LogP contribution in [0.1, 0.15) is 73.1 Å². The molecule has 17 heavy (non-hydrogen) atoms. The van der Waals surface area contributed by atoms with Gasteiger partial charge in [-0.2, -0.15) is 0 Å². The fourth-order valence-electron chi connectivity index (χ4n) is 1.68. The summed E-state index contributed by atoms with van der Waals surface area (Å²) in [4.78, 5) is 11.5. The Morgan fingerprint density at radius 1 is 1.12 bits per heavy atom. The minimum absolute atomic E-state index is 0.221. The van der Waals surface area contributed by atoms with Crippen LogP contribution in [0.2, 0.25) is 0 Å². The number of amides is 1. The summed E-state index contributed by atoms with van der Waals surface area (Å²) in [5, 5.41) is 3.00. The monoisotopic (exact) mass is 241 g/mol. The molecule has 2 nitrogen and oxygen atoms in total. The second-order valence-electron chi connectivity index (χ2n) is 6.65. The molecule has 0 rings (SSSR count). The minimum Gasteiger partial charge on any atom is -0.356 e. The second kappa shape index (κ2) is 8.54. The molecule has 0 radical (unpaired) electrons.